The predicted octanol–water partition coefficient (Wildman–Crippen LogP) is 2.55. The van der Waals surface area contributed by atoms with Crippen LogP contribution in [0.2, 0.25) is 0 Å². The Hall–Kier alpha value is -2.40. The number of hydrogen-bond donors (Lipinski definition) is 0. The Morgan fingerprint density at radius 3 is 2.56 bits per heavy atom. The van der Waals surface area contributed by atoms with Gasteiger partial charge in [0.15, 0.2) is 0 Å². The van der Waals surface area contributed by atoms with Gasteiger partial charge in [-0.25, -0.2) is 4.98 Å². The number of pyridine rings is 1. The first kappa shape index (κ1) is 16.1. The van der Waals surface area contributed by atoms with Gasteiger partial charge in [0.2, 0.25) is 0 Å². The molecular formula is C20H24N4O. The second-order valence-corrected chi connectivity index (χ2v) is 6.88. The molecule has 5 heteroatoms. The summed E-state index contributed by atoms with van der Waals surface area (Å²) >= 11 is 0. The van der Waals surface area contributed by atoms with E-state index in [-0.39, 0.29) is 5.91 Å². The van der Waals surface area contributed by atoms with Crippen LogP contribution in [0.1, 0.15) is 22.5 Å². The van der Waals surface area contributed by atoms with Crippen LogP contribution in [0.4, 0.5) is 11.4 Å². The summed E-state index contributed by atoms with van der Waals surface area (Å²) in [4.78, 5) is 23.5. The van der Waals surface area contributed by atoms with E-state index in [9.17, 15) is 4.79 Å². The van der Waals surface area contributed by atoms with Gasteiger partial charge in [-0.2, -0.15) is 0 Å². The number of fused-ring (bicyclic) bond motifs is 1. The molecule has 0 N–H and O–H groups in total. The first-order chi connectivity index (χ1) is 12.2. The number of rotatable bonds is 2. The number of anilines is 2. The van der Waals surface area contributed by atoms with Crippen molar-refractivity contribution in [3.63, 3.8) is 0 Å². The lowest BCUT2D eigenvalue weighted by Crippen LogP contribution is -2.47. The van der Waals surface area contributed by atoms with Gasteiger partial charge in [-0.05, 0) is 43.7 Å². The van der Waals surface area contributed by atoms with Crippen LogP contribution >= 0.6 is 0 Å². The maximum absolute atomic E-state index is 12.6. The molecule has 0 aliphatic carbocycles. The van der Waals surface area contributed by atoms with Crippen LogP contribution in [0.15, 0.2) is 42.6 Å². The fourth-order valence-electron chi connectivity index (χ4n) is 3.65. The number of hydrogen-bond acceptors (Lipinski definition) is 4. The minimum atomic E-state index is 0.0405. The number of aryl methyl sites for hydroxylation is 1. The largest absolute Gasteiger partial charge is 0.340 e. The van der Waals surface area contributed by atoms with Gasteiger partial charge in [-0.1, -0.05) is 18.2 Å². The van der Waals surface area contributed by atoms with Gasteiger partial charge in [0.1, 0.15) is 5.69 Å². The maximum Gasteiger partial charge on any atom is 0.272 e. The maximum atomic E-state index is 12.6. The Morgan fingerprint density at radius 1 is 1.00 bits per heavy atom. The lowest BCUT2D eigenvalue weighted by atomic mass is 10.0. The standard InChI is InChI=1S/C20H24N4O/c1-22-11-13-23(14-12-22)20(25)18-9-8-17(15-21-18)24-10-4-6-16-5-2-3-7-19(16)24/h2-3,5,7-9,15H,4,6,10-14H2,1H3. The number of benzene rings is 1. The van der Waals surface area contributed by atoms with E-state index in [0.717, 1.165) is 51.3 Å². The van der Waals surface area contributed by atoms with E-state index < -0.39 is 0 Å². The van der Waals surface area contributed by atoms with Crippen LogP contribution in [0, 0.1) is 0 Å². The van der Waals surface area contributed by atoms with Gasteiger partial charge in [0.25, 0.3) is 5.91 Å². The van der Waals surface area contributed by atoms with E-state index in [1.807, 2.05) is 23.2 Å². The first-order valence-corrected chi connectivity index (χ1v) is 9.02. The molecule has 0 saturated carbocycles. The van der Waals surface area contributed by atoms with Crippen LogP contribution in [0.3, 0.4) is 0 Å². The van der Waals surface area contributed by atoms with Gasteiger partial charge in [-0.15, -0.1) is 0 Å². The molecule has 0 radical (unpaired) electrons. The molecule has 2 aliphatic rings. The highest BCUT2D eigenvalue weighted by molar-refractivity contribution is 5.92. The fourth-order valence-corrected chi connectivity index (χ4v) is 3.65. The van der Waals surface area contributed by atoms with Gasteiger partial charge >= 0.3 is 0 Å². The van der Waals surface area contributed by atoms with E-state index in [1.165, 1.54) is 11.3 Å². The van der Waals surface area contributed by atoms with Crippen molar-refractivity contribution < 1.29 is 4.79 Å². The lowest BCUT2D eigenvalue weighted by Gasteiger charge is -2.32. The van der Waals surface area contributed by atoms with Crippen molar-refractivity contribution in [1.82, 2.24) is 14.8 Å². The van der Waals surface area contributed by atoms with Crippen molar-refractivity contribution in [2.45, 2.75) is 12.8 Å². The molecule has 0 spiro atoms. The Balaban J connectivity index is 1.52. The zero-order valence-corrected chi connectivity index (χ0v) is 14.7. The highest BCUT2D eigenvalue weighted by Gasteiger charge is 2.22. The zero-order valence-electron chi connectivity index (χ0n) is 14.7. The third-order valence-corrected chi connectivity index (χ3v) is 5.18. The van der Waals surface area contributed by atoms with Crippen molar-refractivity contribution in [1.29, 1.82) is 0 Å². The van der Waals surface area contributed by atoms with Crippen LogP contribution in [0.5, 0.6) is 0 Å². The fraction of sp³-hybridized carbons (Fsp3) is 0.400. The molecule has 1 aromatic carbocycles. The van der Waals surface area contributed by atoms with E-state index >= 15 is 0 Å². The minimum Gasteiger partial charge on any atom is -0.340 e. The predicted molar refractivity (Wildman–Crippen MR) is 99.4 cm³/mol. The molecule has 3 heterocycles. The number of carbonyl (C=O) groups excluding carboxylic acids is 1. The van der Waals surface area contributed by atoms with E-state index in [0.29, 0.717) is 5.69 Å². The molecule has 1 fully saturated rings. The molecule has 0 unspecified atom stereocenters. The topological polar surface area (TPSA) is 39.7 Å². The summed E-state index contributed by atoms with van der Waals surface area (Å²) in [6, 6.07) is 12.4. The van der Waals surface area contributed by atoms with Gasteiger partial charge < -0.3 is 14.7 Å². The van der Waals surface area contributed by atoms with E-state index in [2.05, 4.69) is 46.1 Å². The molecule has 130 valence electrons. The van der Waals surface area contributed by atoms with Crippen LogP contribution in [-0.2, 0) is 6.42 Å². The molecular weight excluding hydrogens is 312 g/mol. The van der Waals surface area contributed by atoms with Crippen molar-refractivity contribution >= 4 is 17.3 Å². The monoisotopic (exact) mass is 336 g/mol. The molecule has 4 rings (SSSR count). The summed E-state index contributed by atoms with van der Waals surface area (Å²) in [6.07, 6.45) is 4.10. The quantitative estimate of drug-likeness (QED) is 0.845. The van der Waals surface area contributed by atoms with Gasteiger partial charge in [0, 0.05) is 38.4 Å². The second-order valence-electron chi connectivity index (χ2n) is 6.88. The molecule has 0 bridgehead atoms. The summed E-state index contributed by atoms with van der Waals surface area (Å²) in [5.41, 5.74) is 4.24. The molecule has 1 aromatic heterocycles. The Labute approximate surface area is 148 Å². The number of aromatic nitrogens is 1. The number of likely N-dealkylation sites (N-methyl/N-ethyl adjacent to an activating group) is 1. The number of carbonyl (C=O) groups is 1. The number of nitrogens with zero attached hydrogens (tertiary/aromatic N) is 4. The number of amides is 1. The third kappa shape index (κ3) is 3.24. The molecule has 0 atom stereocenters. The normalized spacial score (nSPS) is 18.1. The second kappa shape index (κ2) is 6.84. The smallest absolute Gasteiger partial charge is 0.272 e. The van der Waals surface area contributed by atoms with Gasteiger partial charge in [-0.3, -0.25) is 4.79 Å². The summed E-state index contributed by atoms with van der Waals surface area (Å²) < 4.78 is 0. The highest BCUT2D eigenvalue weighted by Crippen LogP contribution is 2.32. The zero-order chi connectivity index (χ0) is 17.2. The van der Waals surface area contributed by atoms with Crippen molar-refractivity contribution in [2.24, 2.45) is 0 Å². The van der Waals surface area contributed by atoms with E-state index in [4.69, 9.17) is 0 Å². The Kier molecular flexibility index (Phi) is 4.40. The Morgan fingerprint density at radius 2 is 1.80 bits per heavy atom. The van der Waals surface area contributed by atoms with Crippen LogP contribution < -0.4 is 4.90 Å². The van der Waals surface area contributed by atoms with Crippen molar-refractivity contribution in [3.8, 4) is 0 Å². The molecule has 5 nitrogen and oxygen atoms in total. The van der Waals surface area contributed by atoms with Gasteiger partial charge in [0.05, 0.1) is 11.9 Å². The summed E-state index contributed by atoms with van der Waals surface area (Å²) in [5.74, 6) is 0.0405. The summed E-state index contributed by atoms with van der Waals surface area (Å²) in [7, 11) is 2.09. The highest BCUT2D eigenvalue weighted by atomic mass is 16.2. The SMILES string of the molecule is CN1CCN(C(=O)c2ccc(N3CCCc4ccccc43)cn2)CC1. The number of piperazine rings is 1. The average molecular weight is 336 g/mol. The Bertz CT molecular complexity index is 751. The van der Waals surface area contributed by atoms with Crippen molar-refractivity contribution in [3.05, 3.63) is 53.9 Å². The molecule has 2 aliphatic heterocycles. The minimum absolute atomic E-state index is 0.0405. The van der Waals surface area contributed by atoms with Crippen LogP contribution in [-0.4, -0.2) is 60.5 Å². The molecule has 25 heavy (non-hydrogen) atoms. The average Bonchev–Trinajstić information content (AvgIpc) is 2.68. The summed E-state index contributed by atoms with van der Waals surface area (Å²) in [6.45, 7) is 4.39. The molecule has 1 amide bonds. The molecule has 2 aromatic rings. The van der Waals surface area contributed by atoms with Crippen molar-refractivity contribution in [2.75, 3.05) is 44.7 Å². The summed E-state index contributed by atoms with van der Waals surface area (Å²) in [5, 5.41) is 0. The third-order valence-electron chi connectivity index (χ3n) is 5.18. The molecule has 1 saturated heterocycles. The van der Waals surface area contributed by atoms with E-state index in [1.54, 1.807) is 0 Å². The van der Waals surface area contributed by atoms with Crippen LogP contribution in [0.25, 0.3) is 0 Å². The lowest BCUT2D eigenvalue weighted by molar-refractivity contribution is 0.0658. The first-order valence-electron chi connectivity index (χ1n) is 9.02. The number of para-hydroxylation sites is 1.